The second-order valence-corrected chi connectivity index (χ2v) is 15.6. The van der Waals surface area contributed by atoms with Crippen molar-refractivity contribution >= 4 is 46.5 Å². The van der Waals surface area contributed by atoms with E-state index in [0.717, 1.165) is 53.7 Å². The van der Waals surface area contributed by atoms with Crippen molar-refractivity contribution in [2.24, 2.45) is 23.7 Å². The minimum atomic E-state index is -1.02. The summed E-state index contributed by atoms with van der Waals surface area (Å²) in [5, 5.41) is 21.8. The fraction of sp³-hybridized carbons (Fsp3) is 0.415. The van der Waals surface area contributed by atoms with Crippen LogP contribution in [-0.2, 0) is 20.8 Å². The number of nitrogens with zero attached hydrogens (tertiary/aromatic N) is 2. The molecular formula is C41H46BBrN2O5. The molecule has 1 aliphatic carbocycles. The van der Waals surface area contributed by atoms with Crippen molar-refractivity contribution in [1.82, 2.24) is 9.80 Å². The number of halogens is 1. The molecule has 9 heteroatoms. The maximum absolute atomic E-state index is 14.4. The topological polar surface area (TPSA) is 90.3 Å². The Labute approximate surface area is 304 Å². The van der Waals surface area contributed by atoms with Gasteiger partial charge in [0, 0.05) is 35.7 Å². The summed E-state index contributed by atoms with van der Waals surface area (Å²) in [4.78, 5) is 32.6. The maximum atomic E-state index is 14.4. The number of aromatic hydroxyl groups is 1. The Balaban J connectivity index is 1.12. The molecule has 50 heavy (non-hydrogen) atoms. The number of carbonyl (C=O) groups excluding carboxylic acids is 2. The van der Waals surface area contributed by atoms with Gasteiger partial charge in [-0.25, -0.2) is 0 Å². The van der Waals surface area contributed by atoms with Crippen LogP contribution in [0.3, 0.4) is 0 Å². The van der Waals surface area contributed by atoms with Gasteiger partial charge in [0.1, 0.15) is 5.75 Å². The quantitative estimate of drug-likeness (QED) is 0.102. The molecule has 7 nitrogen and oxygen atoms in total. The fourth-order valence-corrected chi connectivity index (χ4v) is 9.26. The normalized spacial score (nSPS) is 25.0. The molecule has 0 unspecified atom stereocenters. The van der Waals surface area contributed by atoms with Crippen molar-refractivity contribution in [3.63, 3.8) is 0 Å². The Morgan fingerprint density at radius 1 is 0.980 bits per heavy atom. The molecular weight excluding hydrogens is 691 g/mol. The summed E-state index contributed by atoms with van der Waals surface area (Å²) in [7, 11) is -1.02. The van der Waals surface area contributed by atoms with Crippen LogP contribution >= 0.6 is 15.9 Å². The van der Waals surface area contributed by atoms with Gasteiger partial charge in [-0.3, -0.25) is 19.4 Å². The Bertz CT molecular complexity index is 1770. The van der Waals surface area contributed by atoms with E-state index in [-0.39, 0.29) is 47.5 Å². The van der Waals surface area contributed by atoms with E-state index in [0.29, 0.717) is 31.1 Å². The number of benzene rings is 3. The van der Waals surface area contributed by atoms with Crippen LogP contribution in [0.2, 0.25) is 6.32 Å². The van der Waals surface area contributed by atoms with Crippen LogP contribution in [0, 0.1) is 23.7 Å². The lowest BCUT2D eigenvalue weighted by molar-refractivity contribution is -0.144. The summed E-state index contributed by atoms with van der Waals surface area (Å²) in [5.41, 5.74) is 6.38. The zero-order valence-electron chi connectivity index (χ0n) is 28.9. The van der Waals surface area contributed by atoms with E-state index in [2.05, 4.69) is 71.1 Å². The molecule has 3 saturated heterocycles. The van der Waals surface area contributed by atoms with Crippen molar-refractivity contribution in [2.45, 2.75) is 71.0 Å². The van der Waals surface area contributed by atoms with Crippen LogP contribution in [0.5, 0.6) is 5.75 Å². The molecule has 3 aromatic carbocycles. The predicted octanol–water partition coefficient (Wildman–Crippen LogP) is 7.59. The van der Waals surface area contributed by atoms with E-state index in [1.807, 2.05) is 42.5 Å². The average molecular weight is 738 g/mol. The van der Waals surface area contributed by atoms with Gasteiger partial charge in [-0.1, -0.05) is 96.0 Å². The van der Waals surface area contributed by atoms with Crippen LogP contribution in [0.4, 0.5) is 0 Å². The zero-order valence-corrected chi connectivity index (χ0v) is 30.5. The minimum absolute atomic E-state index is 0.0284. The number of hydrogen-bond donors (Lipinski definition) is 2. The first-order valence-corrected chi connectivity index (χ1v) is 18.9. The SMILES string of the molecule is CC(C)C1=C2[C@@H](CC/C(=C/c3cc(Br)ccc3O)c3ccccc3)OB(O)C[C@@H]2[C@@H]2C(=O)N(C3CCN(Cc4ccccc4)CC3)C(=O)[C@@H]2C1. The fourth-order valence-electron chi connectivity index (χ4n) is 8.88. The van der Waals surface area contributed by atoms with Gasteiger partial charge in [0.25, 0.3) is 0 Å². The third-order valence-electron chi connectivity index (χ3n) is 11.3. The lowest BCUT2D eigenvalue weighted by Gasteiger charge is -2.44. The molecule has 7 rings (SSSR count). The second-order valence-electron chi connectivity index (χ2n) is 14.7. The van der Waals surface area contributed by atoms with Crippen LogP contribution in [-0.4, -0.2) is 64.1 Å². The molecule has 0 aromatic heterocycles. The van der Waals surface area contributed by atoms with Crippen LogP contribution in [0.25, 0.3) is 11.6 Å². The summed E-state index contributed by atoms with van der Waals surface area (Å²) in [6.45, 7) is 6.89. The molecule has 3 aromatic rings. The monoisotopic (exact) mass is 736 g/mol. The summed E-state index contributed by atoms with van der Waals surface area (Å²) < 4.78 is 7.20. The summed E-state index contributed by atoms with van der Waals surface area (Å²) >= 11 is 3.53. The standard InChI is InChI=1S/C41H46BBrN2O5/c1-26(2)33-23-34-39(41(48)45(40(34)47)32-17-19-44(20-18-32)25-27-9-5-3-6-10-27)35-24-42(49)50-37(38(33)35)16-13-29(28-11-7-4-8-12-28)21-30-22-31(43)14-15-36(30)46/h3-12,14-15,21-22,26,32,34-35,37,39,46,49H,13,16-20,23-25H2,1-2H3/b29-21-/t34-,35+,37-,39-/m1/s1. The number of hydrogen-bond acceptors (Lipinski definition) is 6. The van der Waals surface area contributed by atoms with Gasteiger partial charge in [0.2, 0.25) is 11.8 Å². The van der Waals surface area contributed by atoms with Crippen molar-refractivity contribution in [3.05, 3.63) is 111 Å². The number of phenolic OH excluding ortho intramolecular Hbond substituents is 1. The number of phenols is 1. The molecule has 2 N–H and O–H groups in total. The van der Waals surface area contributed by atoms with Gasteiger partial charge in [0.05, 0.1) is 17.9 Å². The van der Waals surface area contributed by atoms with Crippen LogP contribution in [0.1, 0.15) is 62.6 Å². The highest BCUT2D eigenvalue weighted by molar-refractivity contribution is 9.10. The molecule has 0 bridgehead atoms. The van der Waals surface area contributed by atoms with E-state index in [9.17, 15) is 19.7 Å². The first kappa shape index (κ1) is 34.9. The third-order valence-corrected chi connectivity index (χ3v) is 11.8. The highest BCUT2D eigenvalue weighted by atomic mass is 79.9. The Morgan fingerprint density at radius 2 is 1.68 bits per heavy atom. The molecule has 3 heterocycles. The van der Waals surface area contributed by atoms with Crippen molar-refractivity contribution in [2.75, 3.05) is 13.1 Å². The van der Waals surface area contributed by atoms with Gasteiger partial charge in [-0.15, -0.1) is 0 Å². The molecule has 260 valence electrons. The lowest BCUT2D eigenvalue weighted by atomic mass is 9.57. The number of carbonyl (C=O) groups is 2. The Kier molecular flexibility index (Phi) is 10.5. The Hall–Kier alpha value is -3.50. The first-order valence-electron chi connectivity index (χ1n) is 18.1. The molecule has 3 fully saturated rings. The van der Waals surface area contributed by atoms with E-state index < -0.39 is 13.0 Å². The maximum Gasteiger partial charge on any atom is 0.455 e. The van der Waals surface area contributed by atoms with Gasteiger partial charge in [-0.2, -0.15) is 0 Å². The van der Waals surface area contributed by atoms with Crippen molar-refractivity contribution < 1.29 is 24.4 Å². The number of likely N-dealkylation sites (tertiary alicyclic amines) is 2. The number of allylic oxidation sites excluding steroid dienone is 2. The number of amides is 2. The Morgan fingerprint density at radius 3 is 2.38 bits per heavy atom. The lowest BCUT2D eigenvalue weighted by Crippen LogP contribution is -2.48. The molecule has 3 aliphatic heterocycles. The average Bonchev–Trinajstić information content (AvgIpc) is 3.37. The van der Waals surface area contributed by atoms with E-state index in [1.165, 1.54) is 11.1 Å². The highest BCUT2D eigenvalue weighted by Crippen LogP contribution is 2.52. The van der Waals surface area contributed by atoms with Crippen LogP contribution < -0.4 is 0 Å². The summed E-state index contributed by atoms with van der Waals surface area (Å²) in [6.07, 6.45) is 5.29. The van der Waals surface area contributed by atoms with Crippen LogP contribution in [0.15, 0.2) is 94.5 Å². The summed E-state index contributed by atoms with van der Waals surface area (Å²) in [5.74, 6) is -0.806. The third kappa shape index (κ3) is 7.15. The summed E-state index contributed by atoms with van der Waals surface area (Å²) in [6, 6.07) is 25.9. The molecule has 4 aliphatic rings. The minimum Gasteiger partial charge on any atom is -0.507 e. The van der Waals surface area contributed by atoms with Gasteiger partial charge in [0.15, 0.2) is 0 Å². The number of piperidine rings is 1. The van der Waals surface area contributed by atoms with E-state index in [4.69, 9.17) is 4.65 Å². The molecule has 4 atom stereocenters. The van der Waals surface area contributed by atoms with Gasteiger partial charge >= 0.3 is 7.12 Å². The highest BCUT2D eigenvalue weighted by Gasteiger charge is 2.58. The first-order chi connectivity index (χ1) is 24.2. The van der Waals surface area contributed by atoms with Gasteiger partial charge in [-0.05, 0) is 96.8 Å². The van der Waals surface area contributed by atoms with E-state index >= 15 is 0 Å². The smallest absolute Gasteiger partial charge is 0.455 e. The predicted molar refractivity (Wildman–Crippen MR) is 201 cm³/mol. The molecule has 0 radical (unpaired) electrons. The van der Waals surface area contributed by atoms with Crippen molar-refractivity contribution in [3.8, 4) is 5.75 Å². The largest absolute Gasteiger partial charge is 0.507 e. The molecule has 0 saturated carbocycles. The molecule has 0 spiro atoms. The molecule has 2 amide bonds. The van der Waals surface area contributed by atoms with Crippen molar-refractivity contribution in [1.29, 1.82) is 0 Å². The number of rotatable bonds is 9. The number of imide groups is 1. The van der Waals surface area contributed by atoms with E-state index in [1.54, 1.807) is 11.0 Å². The second kappa shape index (κ2) is 15.0. The van der Waals surface area contributed by atoms with Gasteiger partial charge < -0.3 is 14.8 Å². The zero-order chi connectivity index (χ0) is 34.9. The number of fused-ring (bicyclic) bond motifs is 3.